The van der Waals surface area contributed by atoms with Crippen LogP contribution in [0.2, 0.25) is 0 Å². The second kappa shape index (κ2) is 4.96. The predicted octanol–water partition coefficient (Wildman–Crippen LogP) is 1.76. The smallest absolute Gasteiger partial charge is 0.276 e. The first-order chi connectivity index (χ1) is 9.72. The summed E-state index contributed by atoms with van der Waals surface area (Å²) in [7, 11) is 0. The Kier molecular flexibility index (Phi) is 3.00. The van der Waals surface area contributed by atoms with Gasteiger partial charge in [-0.3, -0.25) is 20.3 Å². The average molecular weight is 268 g/mol. The van der Waals surface area contributed by atoms with Crippen LogP contribution < -0.4 is 5.32 Å². The number of aromatic nitrogens is 5. The summed E-state index contributed by atoms with van der Waals surface area (Å²) in [5, 5.41) is 15.9. The average Bonchev–Trinajstić information content (AvgIpc) is 3.09. The number of nitrogens with zero attached hydrogens (tertiary/aromatic N) is 3. The lowest BCUT2D eigenvalue weighted by atomic mass is 10.1. The third-order valence-electron chi connectivity index (χ3n) is 2.71. The molecule has 0 aliphatic carbocycles. The zero-order valence-electron chi connectivity index (χ0n) is 10.7. The zero-order chi connectivity index (χ0) is 13.9. The van der Waals surface area contributed by atoms with Crippen molar-refractivity contribution in [2.75, 3.05) is 5.32 Å². The molecular formula is C13H12N6O. The van der Waals surface area contributed by atoms with Crippen LogP contribution in [-0.2, 0) is 0 Å². The molecule has 7 heteroatoms. The van der Waals surface area contributed by atoms with Gasteiger partial charge in [0.2, 0.25) is 5.95 Å². The summed E-state index contributed by atoms with van der Waals surface area (Å²) in [5.41, 5.74) is 2.00. The zero-order valence-corrected chi connectivity index (χ0v) is 10.7. The highest BCUT2D eigenvalue weighted by Gasteiger charge is 2.12. The minimum atomic E-state index is -0.335. The third kappa shape index (κ3) is 2.41. The molecule has 0 aliphatic rings. The quantitative estimate of drug-likeness (QED) is 0.673. The van der Waals surface area contributed by atoms with Crippen molar-refractivity contribution in [1.29, 1.82) is 0 Å². The molecule has 3 N–H and O–H groups in total. The molecule has 0 aliphatic heterocycles. The molecule has 2 aromatic heterocycles. The topological polar surface area (TPSA) is 99.3 Å². The van der Waals surface area contributed by atoms with Crippen LogP contribution in [0.4, 0.5) is 5.95 Å². The molecule has 1 amide bonds. The fraction of sp³-hybridized carbons (Fsp3) is 0.0769. The fourth-order valence-corrected chi connectivity index (χ4v) is 1.76. The van der Waals surface area contributed by atoms with Gasteiger partial charge in [-0.1, -0.05) is 30.3 Å². The van der Waals surface area contributed by atoms with Gasteiger partial charge in [-0.05, 0) is 13.0 Å². The van der Waals surface area contributed by atoms with Gasteiger partial charge in [-0.15, -0.1) is 5.10 Å². The van der Waals surface area contributed by atoms with E-state index in [9.17, 15) is 4.79 Å². The summed E-state index contributed by atoms with van der Waals surface area (Å²) in [6, 6.07) is 11.3. The number of benzene rings is 1. The largest absolute Gasteiger partial charge is 0.288 e. The number of nitrogens with one attached hydrogen (secondary N) is 3. The Labute approximate surface area is 114 Å². The molecule has 3 rings (SSSR count). The highest BCUT2D eigenvalue weighted by Crippen LogP contribution is 2.17. The maximum absolute atomic E-state index is 12.0. The number of hydrogen-bond donors (Lipinski definition) is 3. The van der Waals surface area contributed by atoms with Crippen molar-refractivity contribution in [3.8, 4) is 11.3 Å². The Morgan fingerprint density at radius 2 is 1.95 bits per heavy atom. The van der Waals surface area contributed by atoms with E-state index in [-0.39, 0.29) is 11.9 Å². The SMILES string of the molecule is Cc1nc(NC(=O)c2cc(-c3ccccc3)n[nH]2)n[nH]1. The Morgan fingerprint density at radius 1 is 1.15 bits per heavy atom. The van der Waals surface area contributed by atoms with Crippen LogP contribution in [-0.4, -0.2) is 31.3 Å². The summed E-state index contributed by atoms with van der Waals surface area (Å²) >= 11 is 0. The monoisotopic (exact) mass is 268 g/mol. The van der Waals surface area contributed by atoms with Crippen molar-refractivity contribution in [3.05, 3.63) is 47.9 Å². The van der Waals surface area contributed by atoms with Crippen molar-refractivity contribution < 1.29 is 4.79 Å². The van der Waals surface area contributed by atoms with E-state index in [2.05, 4.69) is 30.7 Å². The first-order valence-electron chi connectivity index (χ1n) is 6.03. The third-order valence-corrected chi connectivity index (χ3v) is 2.71. The lowest BCUT2D eigenvalue weighted by Gasteiger charge is -1.96. The number of carbonyl (C=O) groups is 1. The van der Waals surface area contributed by atoms with Crippen LogP contribution in [0, 0.1) is 6.92 Å². The molecular weight excluding hydrogens is 256 g/mol. The number of aromatic amines is 2. The normalized spacial score (nSPS) is 10.4. The molecule has 2 heterocycles. The second-order valence-corrected chi connectivity index (χ2v) is 4.23. The molecule has 0 bridgehead atoms. The van der Waals surface area contributed by atoms with Gasteiger partial charge in [0.1, 0.15) is 11.5 Å². The van der Waals surface area contributed by atoms with E-state index in [4.69, 9.17) is 0 Å². The van der Waals surface area contributed by atoms with Gasteiger partial charge in [0.05, 0.1) is 5.69 Å². The highest BCUT2D eigenvalue weighted by atomic mass is 16.2. The standard InChI is InChI=1S/C13H12N6O/c1-8-14-13(19-16-8)15-12(20)11-7-10(17-18-11)9-5-3-2-4-6-9/h2-7H,1H3,(H,17,18)(H2,14,15,16,19,20). The Morgan fingerprint density at radius 3 is 2.65 bits per heavy atom. The van der Waals surface area contributed by atoms with Gasteiger partial charge in [0.15, 0.2) is 0 Å². The number of carbonyl (C=O) groups excluding carboxylic acids is 1. The molecule has 100 valence electrons. The van der Waals surface area contributed by atoms with Gasteiger partial charge in [0.25, 0.3) is 5.91 Å². The van der Waals surface area contributed by atoms with E-state index in [0.717, 1.165) is 5.56 Å². The van der Waals surface area contributed by atoms with Crippen molar-refractivity contribution >= 4 is 11.9 Å². The van der Waals surface area contributed by atoms with Crippen molar-refractivity contribution in [1.82, 2.24) is 25.4 Å². The van der Waals surface area contributed by atoms with Crippen molar-refractivity contribution in [3.63, 3.8) is 0 Å². The molecule has 1 aromatic carbocycles. The van der Waals surface area contributed by atoms with Crippen LogP contribution in [0.1, 0.15) is 16.3 Å². The number of amides is 1. The van der Waals surface area contributed by atoms with Crippen LogP contribution in [0.15, 0.2) is 36.4 Å². The number of rotatable bonds is 3. The number of hydrogen-bond acceptors (Lipinski definition) is 4. The maximum atomic E-state index is 12.0. The first kappa shape index (κ1) is 12.1. The lowest BCUT2D eigenvalue weighted by molar-refractivity contribution is 0.102. The van der Waals surface area contributed by atoms with Crippen LogP contribution in [0.3, 0.4) is 0 Å². The summed E-state index contributed by atoms with van der Waals surface area (Å²) in [4.78, 5) is 16.0. The number of anilines is 1. The van der Waals surface area contributed by atoms with Crippen molar-refractivity contribution in [2.24, 2.45) is 0 Å². The summed E-state index contributed by atoms with van der Waals surface area (Å²) < 4.78 is 0. The van der Waals surface area contributed by atoms with E-state index >= 15 is 0 Å². The van der Waals surface area contributed by atoms with Gasteiger partial charge >= 0.3 is 0 Å². The lowest BCUT2D eigenvalue weighted by Crippen LogP contribution is -2.13. The Bertz CT molecular complexity index is 730. The van der Waals surface area contributed by atoms with E-state index in [0.29, 0.717) is 17.2 Å². The summed E-state index contributed by atoms with van der Waals surface area (Å²) in [6.07, 6.45) is 0. The molecule has 0 saturated carbocycles. The van der Waals surface area contributed by atoms with Crippen molar-refractivity contribution in [2.45, 2.75) is 6.92 Å². The molecule has 0 radical (unpaired) electrons. The molecule has 0 fully saturated rings. The number of aryl methyl sites for hydroxylation is 1. The highest BCUT2D eigenvalue weighted by molar-refractivity contribution is 6.02. The number of H-pyrrole nitrogens is 2. The molecule has 7 nitrogen and oxygen atoms in total. The predicted molar refractivity (Wildman–Crippen MR) is 73.1 cm³/mol. The van der Waals surface area contributed by atoms with E-state index in [1.54, 1.807) is 13.0 Å². The van der Waals surface area contributed by atoms with Gasteiger partial charge in [0, 0.05) is 5.56 Å². The minimum Gasteiger partial charge on any atom is -0.288 e. The fourth-order valence-electron chi connectivity index (χ4n) is 1.76. The van der Waals surface area contributed by atoms with Gasteiger partial charge in [-0.25, -0.2) is 0 Å². The van der Waals surface area contributed by atoms with E-state index in [1.807, 2.05) is 30.3 Å². The molecule has 0 unspecified atom stereocenters. The molecule has 0 atom stereocenters. The molecule has 3 aromatic rings. The van der Waals surface area contributed by atoms with E-state index in [1.165, 1.54) is 0 Å². The summed E-state index contributed by atoms with van der Waals surface area (Å²) in [5.74, 6) is 0.539. The molecule has 20 heavy (non-hydrogen) atoms. The summed E-state index contributed by atoms with van der Waals surface area (Å²) in [6.45, 7) is 1.76. The molecule has 0 spiro atoms. The van der Waals surface area contributed by atoms with Gasteiger partial charge < -0.3 is 0 Å². The molecule has 0 saturated heterocycles. The minimum absolute atomic E-state index is 0.239. The van der Waals surface area contributed by atoms with Crippen LogP contribution in [0.5, 0.6) is 0 Å². The van der Waals surface area contributed by atoms with Gasteiger partial charge in [-0.2, -0.15) is 10.1 Å². The van der Waals surface area contributed by atoms with Crippen LogP contribution in [0.25, 0.3) is 11.3 Å². The first-order valence-corrected chi connectivity index (χ1v) is 6.03. The Balaban J connectivity index is 1.78. The van der Waals surface area contributed by atoms with E-state index < -0.39 is 0 Å². The van der Waals surface area contributed by atoms with Crippen LogP contribution >= 0.6 is 0 Å². The maximum Gasteiger partial charge on any atom is 0.276 e. The Hall–Kier alpha value is -2.96. The second-order valence-electron chi connectivity index (χ2n) is 4.23.